The fourth-order valence-electron chi connectivity index (χ4n) is 1.06. The van der Waals surface area contributed by atoms with Gasteiger partial charge in [0.2, 0.25) is 5.91 Å². The monoisotopic (exact) mass is 230 g/mol. The van der Waals surface area contributed by atoms with Crippen LogP contribution in [-0.4, -0.2) is 13.0 Å². The van der Waals surface area contributed by atoms with Gasteiger partial charge in [0.05, 0.1) is 12.8 Å². The summed E-state index contributed by atoms with van der Waals surface area (Å²) in [7, 11) is 1.55. The zero-order valence-corrected chi connectivity index (χ0v) is 9.56. The van der Waals surface area contributed by atoms with Crippen LogP contribution in [0.5, 0.6) is 5.75 Å². The van der Waals surface area contributed by atoms with Gasteiger partial charge >= 0.3 is 0 Å². The lowest BCUT2D eigenvalue weighted by Crippen LogP contribution is -2.10. The lowest BCUT2D eigenvalue weighted by Gasteiger charge is -2.09. The lowest BCUT2D eigenvalue weighted by atomic mass is 10.2. The van der Waals surface area contributed by atoms with Crippen LogP contribution >= 0.6 is 12.4 Å². The van der Waals surface area contributed by atoms with Crippen molar-refractivity contribution in [1.82, 2.24) is 0 Å². The van der Waals surface area contributed by atoms with Crippen molar-refractivity contribution < 1.29 is 9.53 Å². The summed E-state index contributed by atoms with van der Waals surface area (Å²) in [4.78, 5) is 11.2. The van der Waals surface area contributed by atoms with Crippen molar-refractivity contribution in [2.75, 3.05) is 18.2 Å². The van der Waals surface area contributed by atoms with Gasteiger partial charge in [0, 0.05) is 12.1 Å². The van der Waals surface area contributed by atoms with E-state index in [1.165, 1.54) is 0 Å². The highest BCUT2D eigenvalue weighted by Crippen LogP contribution is 2.26. The number of hydrogen-bond donors (Lipinski definition) is 2. The number of nitrogens with one attached hydrogen (secondary N) is 1. The molecule has 0 aromatic heterocycles. The molecule has 0 aliphatic carbocycles. The molecule has 0 aliphatic heterocycles. The quantitative estimate of drug-likeness (QED) is 0.782. The summed E-state index contributed by atoms with van der Waals surface area (Å²) >= 11 is 0. The first-order valence-corrected chi connectivity index (χ1v) is 4.40. The van der Waals surface area contributed by atoms with E-state index in [9.17, 15) is 4.79 Å². The first-order chi connectivity index (χ1) is 6.67. The molecule has 0 atom stereocenters. The summed E-state index contributed by atoms with van der Waals surface area (Å²) in [6.45, 7) is 1.79. The van der Waals surface area contributed by atoms with Crippen LogP contribution in [0.1, 0.15) is 13.3 Å². The van der Waals surface area contributed by atoms with Gasteiger partial charge in [-0.2, -0.15) is 0 Å². The molecule has 3 N–H and O–H groups in total. The number of carbonyl (C=O) groups excluding carboxylic acids is 1. The van der Waals surface area contributed by atoms with Gasteiger partial charge in [0.25, 0.3) is 0 Å². The minimum absolute atomic E-state index is 0. The average Bonchev–Trinajstić information content (AvgIpc) is 2.18. The summed E-state index contributed by atoms with van der Waals surface area (Å²) in [5, 5.41) is 2.71. The smallest absolute Gasteiger partial charge is 0.224 e. The summed E-state index contributed by atoms with van der Waals surface area (Å²) in [5.74, 6) is 0.551. The van der Waals surface area contributed by atoms with Crippen LogP contribution in [0.15, 0.2) is 18.2 Å². The SMILES string of the molecule is CCC(=O)Nc1cc(N)ccc1OC.Cl. The fraction of sp³-hybridized carbons (Fsp3) is 0.300. The van der Waals surface area contributed by atoms with Crippen LogP contribution in [0.3, 0.4) is 0 Å². The maximum Gasteiger partial charge on any atom is 0.224 e. The predicted molar refractivity (Wildman–Crippen MR) is 63.6 cm³/mol. The number of halogens is 1. The van der Waals surface area contributed by atoms with Crippen LogP contribution in [0.2, 0.25) is 0 Å². The number of anilines is 2. The van der Waals surface area contributed by atoms with Gasteiger partial charge < -0.3 is 15.8 Å². The maximum absolute atomic E-state index is 11.2. The number of hydrogen-bond acceptors (Lipinski definition) is 3. The molecule has 0 bridgehead atoms. The minimum Gasteiger partial charge on any atom is -0.495 e. The highest BCUT2D eigenvalue weighted by molar-refractivity contribution is 5.92. The number of carbonyl (C=O) groups is 1. The minimum atomic E-state index is -0.0612. The van der Waals surface area contributed by atoms with E-state index in [0.717, 1.165) is 0 Å². The van der Waals surface area contributed by atoms with Gasteiger partial charge in [0.1, 0.15) is 5.75 Å². The van der Waals surface area contributed by atoms with E-state index < -0.39 is 0 Å². The Morgan fingerprint density at radius 3 is 2.73 bits per heavy atom. The third-order valence-corrected chi connectivity index (χ3v) is 1.82. The van der Waals surface area contributed by atoms with Crippen molar-refractivity contribution in [1.29, 1.82) is 0 Å². The van der Waals surface area contributed by atoms with E-state index in [0.29, 0.717) is 23.5 Å². The number of rotatable bonds is 3. The molecular weight excluding hydrogens is 216 g/mol. The lowest BCUT2D eigenvalue weighted by molar-refractivity contribution is -0.115. The highest BCUT2D eigenvalue weighted by atomic mass is 35.5. The molecule has 84 valence electrons. The molecule has 5 heteroatoms. The van der Waals surface area contributed by atoms with Crippen molar-refractivity contribution in [3.63, 3.8) is 0 Å². The second kappa shape index (κ2) is 6.14. The summed E-state index contributed by atoms with van der Waals surface area (Å²) in [6, 6.07) is 5.12. The molecule has 0 spiro atoms. The van der Waals surface area contributed by atoms with Crippen LogP contribution in [0.25, 0.3) is 0 Å². The topological polar surface area (TPSA) is 64.4 Å². The molecule has 0 fully saturated rings. The Balaban J connectivity index is 0.00000196. The molecule has 4 nitrogen and oxygen atoms in total. The van der Waals surface area contributed by atoms with Crippen molar-refractivity contribution in [2.45, 2.75) is 13.3 Å². The molecule has 1 aromatic rings. The van der Waals surface area contributed by atoms with Crippen molar-refractivity contribution in [3.05, 3.63) is 18.2 Å². The number of ether oxygens (including phenoxy) is 1. The Labute approximate surface area is 95.2 Å². The number of amides is 1. The molecule has 1 amide bonds. The Hall–Kier alpha value is -1.42. The van der Waals surface area contributed by atoms with Gasteiger partial charge in [-0.05, 0) is 18.2 Å². The van der Waals surface area contributed by atoms with Crippen LogP contribution < -0.4 is 15.8 Å². The van der Waals surface area contributed by atoms with Gasteiger partial charge in [-0.1, -0.05) is 6.92 Å². The number of benzene rings is 1. The number of nitrogens with two attached hydrogens (primary N) is 1. The standard InChI is InChI=1S/C10H14N2O2.ClH/c1-3-10(13)12-8-6-7(11)4-5-9(8)14-2;/h4-6H,3,11H2,1-2H3,(H,12,13);1H. The second-order valence-electron chi connectivity index (χ2n) is 2.86. The fourth-order valence-corrected chi connectivity index (χ4v) is 1.06. The zero-order chi connectivity index (χ0) is 10.6. The third-order valence-electron chi connectivity index (χ3n) is 1.82. The van der Waals surface area contributed by atoms with Crippen LogP contribution in [-0.2, 0) is 4.79 Å². The predicted octanol–water partition coefficient (Wildman–Crippen LogP) is 2.05. The molecule has 0 saturated heterocycles. The van der Waals surface area contributed by atoms with Gasteiger partial charge in [0.15, 0.2) is 0 Å². The molecule has 1 aromatic carbocycles. The number of methoxy groups -OCH3 is 1. The normalized spacial score (nSPS) is 8.93. The largest absolute Gasteiger partial charge is 0.495 e. The molecule has 0 heterocycles. The van der Waals surface area contributed by atoms with E-state index in [-0.39, 0.29) is 18.3 Å². The summed E-state index contributed by atoms with van der Waals surface area (Å²) in [5.41, 5.74) is 6.80. The Kier molecular flexibility index (Phi) is 5.56. The Bertz CT molecular complexity index is 342. The zero-order valence-electron chi connectivity index (χ0n) is 8.74. The molecule has 1 rings (SSSR count). The van der Waals surface area contributed by atoms with E-state index in [1.54, 1.807) is 32.2 Å². The molecule has 0 unspecified atom stereocenters. The van der Waals surface area contributed by atoms with E-state index in [2.05, 4.69) is 5.32 Å². The van der Waals surface area contributed by atoms with Gasteiger partial charge in [-0.3, -0.25) is 4.79 Å². The summed E-state index contributed by atoms with van der Waals surface area (Å²) < 4.78 is 5.08. The molecule has 0 saturated carbocycles. The Morgan fingerprint density at radius 2 is 2.20 bits per heavy atom. The first kappa shape index (κ1) is 13.6. The van der Waals surface area contributed by atoms with Gasteiger partial charge in [-0.15, -0.1) is 12.4 Å². The van der Waals surface area contributed by atoms with E-state index >= 15 is 0 Å². The van der Waals surface area contributed by atoms with Crippen molar-refractivity contribution in [2.24, 2.45) is 0 Å². The first-order valence-electron chi connectivity index (χ1n) is 4.40. The maximum atomic E-state index is 11.2. The van der Waals surface area contributed by atoms with E-state index in [1.807, 2.05) is 0 Å². The second-order valence-corrected chi connectivity index (χ2v) is 2.86. The van der Waals surface area contributed by atoms with E-state index in [4.69, 9.17) is 10.5 Å². The number of nitrogen functional groups attached to an aromatic ring is 1. The highest BCUT2D eigenvalue weighted by Gasteiger charge is 2.05. The van der Waals surface area contributed by atoms with Crippen molar-refractivity contribution in [3.8, 4) is 5.75 Å². The third kappa shape index (κ3) is 3.67. The molecular formula is C10H15ClN2O2. The van der Waals surface area contributed by atoms with Crippen LogP contribution in [0.4, 0.5) is 11.4 Å². The average molecular weight is 231 g/mol. The molecule has 0 aliphatic rings. The molecule has 15 heavy (non-hydrogen) atoms. The van der Waals surface area contributed by atoms with Gasteiger partial charge in [-0.25, -0.2) is 0 Å². The van der Waals surface area contributed by atoms with Crippen LogP contribution in [0, 0.1) is 0 Å². The van der Waals surface area contributed by atoms with Crippen molar-refractivity contribution >= 4 is 29.7 Å². The molecule has 0 radical (unpaired) electrons. The Morgan fingerprint density at radius 1 is 1.53 bits per heavy atom. The summed E-state index contributed by atoms with van der Waals surface area (Å²) in [6.07, 6.45) is 0.429.